The maximum atomic E-state index is 14.2. The Morgan fingerprint density at radius 3 is 1.86 bits per heavy atom. The van der Waals surface area contributed by atoms with E-state index in [-0.39, 0.29) is 13.1 Å². The maximum Gasteiger partial charge on any atom is 0.247 e. The number of hydrogen-bond acceptors (Lipinski definition) is 3. The van der Waals surface area contributed by atoms with E-state index in [1.807, 2.05) is 0 Å². The van der Waals surface area contributed by atoms with Gasteiger partial charge in [0.15, 0.2) is 23.3 Å². The Kier molecular flexibility index (Phi) is 4.67. The first-order valence-corrected chi connectivity index (χ1v) is 8.17. The van der Waals surface area contributed by atoms with E-state index in [9.17, 15) is 26.0 Å². The van der Waals surface area contributed by atoms with Gasteiger partial charge in [0.1, 0.15) is 4.90 Å². The molecule has 0 N–H and O–H groups in total. The van der Waals surface area contributed by atoms with E-state index in [2.05, 4.69) is 0 Å². The lowest BCUT2D eigenvalue weighted by molar-refractivity contribution is 0.391. The van der Waals surface area contributed by atoms with Crippen molar-refractivity contribution in [2.24, 2.45) is 0 Å². The maximum absolute atomic E-state index is 14.2. The third-order valence-electron chi connectivity index (χ3n) is 3.61. The van der Waals surface area contributed by atoms with Crippen LogP contribution in [-0.2, 0) is 10.0 Å². The van der Waals surface area contributed by atoms with Gasteiger partial charge in [-0.25, -0.2) is 30.3 Å². The van der Waals surface area contributed by atoms with Crippen molar-refractivity contribution in [3.05, 3.63) is 23.3 Å². The number of sulfonamides is 1. The molecule has 1 fully saturated rings. The second-order valence-electron chi connectivity index (χ2n) is 5.27. The molecule has 1 heterocycles. The molecule has 0 bridgehead atoms. The Bertz CT molecular complexity index is 686. The average Bonchev–Trinajstić information content (AvgIpc) is 2.49. The summed E-state index contributed by atoms with van der Waals surface area (Å²) >= 11 is 0. The molecule has 9 heteroatoms. The summed E-state index contributed by atoms with van der Waals surface area (Å²) in [7, 11) is -2.27. The quantitative estimate of drug-likeness (QED) is 0.482. The van der Waals surface area contributed by atoms with Crippen LogP contribution in [0.5, 0.6) is 0 Å². The van der Waals surface area contributed by atoms with E-state index in [1.54, 1.807) is 0 Å². The number of nitrogens with zero attached hydrogens (tertiary/aromatic N) is 2. The van der Waals surface area contributed by atoms with Crippen LogP contribution in [0.15, 0.2) is 4.90 Å². The van der Waals surface area contributed by atoms with Crippen LogP contribution in [0.25, 0.3) is 0 Å². The third-order valence-corrected chi connectivity index (χ3v) is 5.46. The first-order valence-electron chi connectivity index (χ1n) is 6.73. The monoisotopic (exact) mass is 340 g/mol. The molecular formula is C13H16F4N2O2S. The molecule has 1 saturated heterocycles. The van der Waals surface area contributed by atoms with Crippen LogP contribution in [0.3, 0.4) is 0 Å². The van der Waals surface area contributed by atoms with Gasteiger partial charge in [-0.15, -0.1) is 0 Å². The van der Waals surface area contributed by atoms with Crippen LogP contribution in [-0.4, -0.2) is 39.9 Å². The summed E-state index contributed by atoms with van der Waals surface area (Å²) in [5.41, 5.74) is -0.732. The van der Waals surface area contributed by atoms with Crippen LogP contribution < -0.4 is 4.90 Å². The molecule has 1 aromatic rings. The Morgan fingerprint density at radius 2 is 1.36 bits per heavy atom. The van der Waals surface area contributed by atoms with Crippen molar-refractivity contribution >= 4 is 15.7 Å². The standard InChI is InChI=1S/C13H16F4N2O2S/c1-18(2)22(20,21)13-11(17)9(15)8(14)10(16)12(13)19-6-4-3-5-7-19/h3-7H2,1-2H3. The molecule has 22 heavy (non-hydrogen) atoms. The van der Waals surface area contributed by atoms with E-state index >= 15 is 0 Å². The Labute approximate surface area is 126 Å². The summed E-state index contributed by atoms with van der Waals surface area (Å²) in [6.45, 7) is 0.495. The Hall–Kier alpha value is -1.35. The lowest BCUT2D eigenvalue weighted by Gasteiger charge is -2.31. The second kappa shape index (κ2) is 6.04. The van der Waals surface area contributed by atoms with E-state index in [0.717, 1.165) is 20.5 Å². The van der Waals surface area contributed by atoms with Gasteiger partial charge in [0, 0.05) is 27.2 Å². The highest BCUT2D eigenvalue weighted by molar-refractivity contribution is 7.89. The van der Waals surface area contributed by atoms with Crippen molar-refractivity contribution in [2.75, 3.05) is 32.1 Å². The fraction of sp³-hybridized carbons (Fsp3) is 0.538. The predicted octanol–water partition coefficient (Wildman–Crippen LogP) is 2.48. The lowest BCUT2D eigenvalue weighted by Crippen LogP contribution is -2.34. The van der Waals surface area contributed by atoms with E-state index < -0.39 is 43.9 Å². The molecule has 0 aliphatic carbocycles. The summed E-state index contributed by atoms with van der Waals surface area (Å²) in [6, 6.07) is 0. The first kappa shape index (κ1) is 17.0. The van der Waals surface area contributed by atoms with Gasteiger partial charge in [0.05, 0.1) is 5.69 Å². The number of piperidine rings is 1. The Balaban J connectivity index is 2.80. The molecule has 0 amide bonds. The fourth-order valence-corrected chi connectivity index (χ4v) is 3.56. The van der Waals surface area contributed by atoms with Gasteiger partial charge >= 0.3 is 0 Å². The van der Waals surface area contributed by atoms with Crippen molar-refractivity contribution in [2.45, 2.75) is 24.2 Å². The van der Waals surface area contributed by atoms with Gasteiger partial charge in [-0.05, 0) is 19.3 Å². The summed E-state index contributed by atoms with van der Waals surface area (Å²) in [6.07, 6.45) is 2.10. The van der Waals surface area contributed by atoms with E-state index in [1.165, 1.54) is 4.90 Å². The minimum absolute atomic E-state index is 0.247. The topological polar surface area (TPSA) is 40.6 Å². The molecule has 0 radical (unpaired) electrons. The first-order chi connectivity index (χ1) is 10.2. The van der Waals surface area contributed by atoms with Gasteiger partial charge in [-0.3, -0.25) is 0 Å². The fourth-order valence-electron chi connectivity index (χ4n) is 2.42. The molecule has 0 unspecified atom stereocenters. The van der Waals surface area contributed by atoms with Crippen molar-refractivity contribution in [3.8, 4) is 0 Å². The van der Waals surface area contributed by atoms with Crippen LogP contribution in [0, 0.1) is 23.3 Å². The number of hydrogen-bond donors (Lipinski definition) is 0. The highest BCUT2D eigenvalue weighted by Crippen LogP contribution is 2.37. The van der Waals surface area contributed by atoms with Crippen LogP contribution in [0.2, 0.25) is 0 Å². The average molecular weight is 340 g/mol. The number of benzene rings is 1. The molecule has 1 aliphatic rings. The predicted molar refractivity (Wildman–Crippen MR) is 73.2 cm³/mol. The second-order valence-corrected chi connectivity index (χ2v) is 7.36. The normalized spacial score (nSPS) is 16.4. The molecule has 124 valence electrons. The van der Waals surface area contributed by atoms with Gasteiger partial charge in [0.2, 0.25) is 10.0 Å². The summed E-state index contributed by atoms with van der Waals surface area (Å²) < 4.78 is 80.4. The van der Waals surface area contributed by atoms with Gasteiger partial charge in [-0.1, -0.05) is 0 Å². The van der Waals surface area contributed by atoms with Crippen molar-refractivity contribution < 1.29 is 26.0 Å². The van der Waals surface area contributed by atoms with Crippen molar-refractivity contribution in [1.29, 1.82) is 0 Å². The van der Waals surface area contributed by atoms with Crippen LogP contribution >= 0.6 is 0 Å². The van der Waals surface area contributed by atoms with Crippen LogP contribution in [0.1, 0.15) is 19.3 Å². The zero-order valence-corrected chi connectivity index (χ0v) is 13.0. The van der Waals surface area contributed by atoms with Gasteiger partial charge in [-0.2, -0.15) is 0 Å². The smallest absolute Gasteiger partial charge is 0.247 e. The largest absolute Gasteiger partial charge is 0.368 e. The highest BCUT2D eigenvalue weighted by atomic mass is 32.2. The summed E-state index contributed by atoms with van der Waals surface area (Å²) in [4.78, 5) is 0.0941. The molecule has 0 atom stereocenters. The number of rotatable bonds is 3. The zero-order valence-electron chi connectivity index (χ0n) is 12.2. The third kappa shape index (κ3) is 2.67. The van der Waals surface area contributed by atoms with Crippen LogP contribution in [0.4, 0.5) is 23.2 Å². The number of halogens is 4. The molecule has 1 aliphatic heterocycles. The minimum atomic E-state index is -4.48. The van der Waals surface area contributed by atoms with Gasteiger partial charge in [0.25, 0.3) is 0 Å². The molecular weight excluding hydrogens is 324 g/mol. The highest BCUT2D eigenvalue weighted by Gasteiger charge is 2.36. The molecule has 0 aromatic heterocycles. The summed E-state index contributed by atoms with van der Waals surface area (Å²) in [5.74, 6) is -7.70. The lowest BCUT2D eigenvalue weighted by atomic mass is 10.1. The van der Waals surface area contributed by atoms with E-state index in [0.29, 0.717) is 17.1 Å². The Morgan fingerprint density at radius 1 is 0.864 bits per heavy atom. The molecule has 2 rings (SSSR count). The molecule has 4 nitrogen and oxygen atoms in total. The molecule has 0 spiro atoms. The SMILES string of the molecule is CN(C)S(=O)(=O)c1c(F)c(F)c(F)c(F)c1N1CCCCC1. The molecule has 1 aromatic carbocycles. The van der Waals surface area contributed by atoms with Crippen molar-refractivity contribution in [1.82, 2.24) is 4.31 Å². The van der Waals surface area contributed by atoms with Crippen molar-refractivity contribution in [3.63, 3.8) is 0 Å². The summed E-state index contributed by atoms with van der Waals surface area (Å²) in [5, 5.41) is 0. The minimum Gasteiger partial charge on any atom is -0.368 e. The van der Waals surface area contributed by atoms with Gasteiger partial charge < -0.3 is 4.90 Å². The zero-order chi connectivity index (χ0) is 16.7. The van der Waals surface area contributed by atoms with E-state index in [4.69, 9.17) is 0 Å². The molecule has 0 saturated carbocycles. The number of anilines is 1.